The molecule has 0 bridgehead atoms. The van der Waals surface area contributed by atoms with Crippen LogP contribution in [0.5, 0.6) is 0 Å². The van der Waals surface area contributed by atoms with Crippen LogP contribution in [0.1, 0.15) is 29.3 Å². The molecule has 1 amide bonds. The maximum Gasteiger partial charge on any atom is 0.257 e. The normalized spacial score (nSPS) is 11.3. The molecule has 1 heterocycles. The van der Waals surface area contributed by atoms with Crippen molar-refractivity contribution in [2.45, 2.75) is 24.2 Å². The Hall–Kier alpha value is -2.14. The number of hydrogen-bond acceptors (Lipinski definition) is 7. The van der Waals surface area contributed by atoms with Crippen molar-refractivity contribution in [3.8, 4) is 0 Å². The van der Waals surface area contributed by atoms with Crippen LogP contribution in [-0.4, -0.2) is 36.5 Å². The zero-order chi connectivity index (χ0) is 22.4. The Morgan fingerprint density at radius 3 is 2.52 bits per heavy atom. The van der Waals surface area contributed by atoms with Gasteiger partial charge in [-0.1, -0.05) is 59.8 Å². The van der Waals surface area contributed by atoms with Crippen LogP contribution >= 0.6 is 34.7 Å². The first-order valence-corrected chi connectivity index (χ1v) is 13.4. The van der Waals surface area contributed by atoms with Crippen molar-refractivity contribution in [3.05, 3.63) is 64.7 Å². The summed E-state index contributed by atoms with van der Waals surface area (Å²) in [4.78, 5) is 12.5. The van der Waals surface area contributed by atoms with Crippen molar-refractivity contribution < 1.29 is 13.2 Å². The highest BCUT2D eigenvalue weighted by Gasteiger charge is 2.20. The summed E-state index contributed by atoms with van der Waals surface area (Å²) in [6, 6.07) is 13.4. The number of thioether (sulfide) groups is 1. The Balaban J connectivity index is 1.74. The van der Waals surface area contributed by atoms with Crippen LogP contribution in [0.15, 0.2) is 52.9 Å². The first-order valence-electron chi connectivity index (χ1n) is 9.36. The molecule has 3 aromatic rings. The van der Waals surface area contributed by atoms with E-state index >= 15 is 0 Å². The van der Waals surface area contributed by atoms with Crippen LogP contribution < -0.4 is 9.62 Å². The summed E-state index contributed by atoms with van der Waals surface area (Å²) in [5.74, 6) is 0.599. The minimum absolute atomic E-state index is 0.0903. The van der Waals surface area contributed by atoms with Gasteiger partial charge in [-0.3, -0.25) is 14.4 Å². The minimum Gasteiger partial charge on any atom is -0.296 e. The van der Waals surface area contributed by atoms with E-state index in [9.17, 15) is 13.2 Å². The molecule has 1 aromatic heterocycles. The van der Waals surface area contributed by atoms with Crippen molar-refractivity contribution in [2.24, 2.45) is 0 Å². The molecule has 7 nitrogen and oxygen atoms in total. The summed E-state index contributed by atoms with van der Waals surface area (Å²) >= 11 is 9.11. The van der Waals surface area contributed by atoms with Gasteiger partial charge in [0, 0.05) is 16.3 Å². The van der Waals surface area contributed by atoms with Gasteiger partial charge in [-0.2, -0.15) is 0 Å². The number of amides is 1. The maximum absolute atomic E-state index is 12.5. The van der Waals surface area contributed by atoms with E-state index in [0.717, 1.165) is 22.8 Å². The van der Waals surface area contributed by atoms with Gasteiger partial charge >= 0.3 is 0 Å². The van der Waals surface area contributed by atoms with E-state index in [1.165, 1.54) is 15.6 Å². The standard InChI is InChI=1S/C20H21ClN4O3S3/c1-3-12-29-20-24-23-19(30-20)22-18(26)14-8-10-16(11-9-14)25(31(2,27)28)13-15-6-4-5-7-17(15)21/h4-11H,3,12-13H2,1-2H3,(H,22,23,26). The highest BCUT2D eigenvalue weighted by atomic mass is 35.5. The van der Waals surface area contributed by atoms with E-state index in [1.807, 2.05) is 0 Å². The fraction of sp³-hybridized carbons (Fsp3) is 0.250. The summed E-state index contributed by atoms with van der Waals surface area (Å²) in [6.07, 6.45) is 2.16. The maximum atomic E-state index is 12.5. The molecule has 2 aromatic carbocycles. The number of halogens is 1. The van der Waals surface area contributed by atoms with Crippen LogP contribution in [0.25, 0.3) is 0 Å². The van der Waals surface area contributed by atoms with E-state index in [2.05, 4.69) is 22.4 Å². The molecule has 0 unspecified atom stereocenters. The smallest absolute Gasteiger partial charge is 0.257 e. The fourth-order valence-corrected chi connectivity index (χ4v) is 5.38. The average molecular weight is 497 g/mol. The monoisotopic (exact) mass is 496 g/mol. The molecule has 164 valence electrons. The first-order chi connectivity index (χ1) is 14.8. The van der Waals surface area contributed by atoms with Gasteiger partial charge in [-0.05, 0) is 42.3 Å². The largest absolute Gasteiger partial charge is 0.296 e. The van der Waals surface area contributed by atoms with Gasteiger partial charge in [-0.25, -0.2) is 8.42 Å². The molecule has 0 aliphatic carbocycles. The quantitative estimate of drug-likeness (QED) is 0.334. The number of nitrogens with zero attached hydrogens (tertiary/aromatic N) is 3. The van der Waals surface area contributed by atoms with Gasteiger partial charge in [-0.15, -0.1) is 10.2 Å². The number of sulfonamides is 1. The number of carbonyl (C=O) groups excluding carboxylic acids is 1. The topological polar surface area (TPSA) is 92.3 Å². The summed E-state index contributed by atoms with van der Waals surface area (Å²) in [7, 11) is -3.56. The molecule has 0 radical (unpaired) electrons. The van der Waals surface area contributed by atoms with Gasteiger partial charge < -0.3 is 0 Å². The van der Waals surface area contributed by atoms with Crippen molar-refractivity contribution in [3.63, 3.8) is 0 Å². The minimum atomic E-state index is -3.56. The van der Waals surface area contributed by atoms with Crippen LogP contribution in [0, 0.1) is 0 Å². The number of hydrogen-bond donors (Lipinski definition) is 1. The predicted octanol–water partition coefficient (Wildman–Crippen LogP) is 4.91. The number of benzene rings is 2. The molecule has 11 heteroatoms. The van der Waals surface area contributed by atoms with Crippen LogP contribution in [0.4, 0.5) is 10.8 Å². The number of carbonyl (C=O) groups is 1. The number of anilines is 2. The van der Waals surface area contributed by atoms with E-state index in [4.69, 9.17) is 11.6 Å². The average Bonchev–Trinajstić information content (AvgIpc) is 3.18. The SMILES string of the molecule is CCCSc1nnc(NC(=O)c2ccc(N(Cc3ccccc3Cl)S(C)(=O)=O)cc2)s1. The Kier molecular flexibility index (Phi) is 7.93. The molecule has 0 spiro atoms. The molecule has 31 heavy (non-hydrogen) atoms. The first kappa shape index (κ1) is 23.5. The third-order valence-electron chi connectivity index (χ3n) is 4.15. The summed E-state index contributed by atoms with van der Waals surface area (Å²) < 4.78 is 26.8. The molecule has 3 rings (SSSR count). The highest BCUT2D eigenvalue weighted by molar-refractivity contribution is 8.01. The molecular weight excluding hydrogens is 476 g/mol. The Bertz CT molecular complexity index is 1150. The number of rotatable bonds is 9. The van der Waals surface area contributed by atoms with E-state index in [-0.39, 0.29) is 12.5 Å². The van der Waals surface area contributed by atoms with Crippen LogP contribution in [-0.2, 0) is 16.6 Å². The number of nitrogens with one attached hydrogen (secondary N) is 1. The highest BCUT2D eigenvalue weighted by Crippen LogP contribution is 2.27. The molecule has 0 aliphatic rings. The van der Waals surface area contributed by atoms with Crippen LogP contribution in [0.3, 0.4) is 0 Å². The predicted molar refractivity (Wildman–Crippen MR) is 128 cm³/mol. The molecular formula is C20H21ClN4O3S3. The third kappa shape index (κ3) is 6.42. The summed E-state index contributed by atoms with van der Waals surface area (Å²) in [5.41, 5.74) is 1.51. The van der Waals surface area contributed by atoms with E-state index in [1.54, 1.807) is 60.3 Å². The van der Waals surface area contributed by atoms with Gasteiger partial charge in [0.1, 0.15) is 0 Å². The Morgan fingerprint density at radius 1 is 1.16 bits per heavy atom. The van der Waals surface area contributed by atoms with E-state index < -0.39 is 10.0 Å². The zero-order valence-corrected chi connectivity index (χ0v) is 20.1. The summed E-state index contributed by atoms with van der Waals surface area (Å²) in [6.45, 7) is 2.17. The van der Waals surface area contributed by atoms with Gasteiger partial charge in [0.15, 0.2) is 4.34 Å². The van der Waals surface area contributed by atoms with Crippen molar-refractivity contribution in [2.75, 3.05) is 21.6 Å². The van der Waals surface area contributed by atoms with Crippen molar-refractivity contribution in [1.29, 1.82) is 0 Å². The van der Waals surface area contributed by atoms with E-state index in [0.29, 0.717) is 27.0 Å². The van der Waals surface area contributed by atoms with Gasteiger partial charge in [0.05, 0.1) is 18.5 Å². The molecule has 0 fully saturated rings. The Morgan fingerprint density at radius 2 is 1.87 bits per heavy atom. The lowest BCUT2D eigenvalue weighted by Gasteiger charge is -2.23. The second-order valence-electron chi connectivity index (χ2n) is 6.58. The lowest BCUT2D eigenvalue weighted by atomic mass is 10.2. The fourth-order valence-electron chi connectivity index (χ4n) is 2.64. The second kappa shape index (κ2) is 10.4. The zero-order valence-electron chi connectivity index (χ0n) is 16.9. The van der Waals surface area contributed by atoms with Crippen molar-refractivity contribution in [1.82, 2.24) is 10.2 Å². The molecule has 0 saturated carbocycles. The molecule has 0 aliphatic heterocycles. The third-order valence-corrected chi connectivity index (χ3v) is 7.83. The second-order valence-corrected chi connectivity index (χ2v) is 11.2. The molecule has 1 N–H and O–H groups in total. The molecule has 0 atom stereocenters. The van der Waals surface area contributed by atoms with Crippen LogP contribution in [0.2, 0.25) is 5.02 Å². The van der Waals surface area contributed by atoms with Gasteiger partial charge in [0.2, 0.25) is 15.2 Å². The van der Waals surface area contributed by atoms with Crippen molar-refractivity contribution >= 4 is 61.4 Å². The lowest BCUT2D eigenvalue weighted by Crippen LogP contribution is -2.29. The van der Waals surface area contributed by atoms with Gasteiger partial charge in [0.25, 0.3) is 5.91 Å². The summed E-state index contributed by atoms with van der Waals surface area (Å²) in [5, 5.41) is 11.7. The lowest BCUT2D eigenvalue weighted by molar-refractivity contribution is 0.102. The number of aromatic nitrogens is 2. The molecule has 0 saturated heterocycles. The Labute approximate surface area is 194 Å².